The van der Waals surface area contributed by atoms with E-state index in [1.54, 1.807) is 11.8 Å². The topological polar surface area (TPSA) is 29.9 Å². The summed E-state index contributed by atoms with van der Waals surface area (Å²) in [7, 11) is 0. The van der Waals surface area contributed by atoms with E-state index in [0.717, 1.165) is 6.54 Å². The average Bonchev–Trinajstić information content (AvgIpc) is 2.97. The van der Waals surface area contributed by atoms with Gasteiger partial charge in [0.1, 0.15) is 0 Å². The van der Waals surface area contributed by atoms with Gasteiger partial charge in [-0.25, -0.2) is 4.98 Å². The lowest BCUT2D eigenvalue weighted by Gasteiger charge is -2.25. The number of thioether (sulfide) groups is 1. The maximum atomic E-state index is 4.36. The van der Waals surface area contributed by atoms with Crippen molar-refractivity contribution in [1.29, 1.82) is 0 Å². The first-order chi connectivity index (χ1) is 9.40. The van der Waals surface area contributed by atoms with E-state index in [0.29, 0.717) is 6.04 Å². The highest BCUT2D eigenvalue weighted by Gasteiger charge is 2.19. The van der Waals surface area contributed by atoms with Gasteiger partial charge in [-0.3, -0.25) is 0 Å². The summed E-state index contributed by atoms with van der Waals surface area (Å²) in [4.78, 5) is 5.65. The molecule has 100 valence electrons. The molecule has 1 N–H and O–H groups in total. The van der Waals surface area contributed by atoms with Crippen LogP contribution in [0.15, 0.2) is 41.7 Å². The number of para-hydroxylation sites is 1. The average molecular weight is 273 g/mol. The zero-order valence-electron chi connectivity index (χ0n) is 11.2. The van der Waals surface area contributed by atoms with Gasteiger partial charge in [0.2, 0.25) is 0 Å². The molecule has 0 radical (unpaired) electrons. The van der Waals surface area contributed by atoms with Crippen LogP contribution < -0.4 is 5.32 Å². The summed E-state index contributed by atoms with van der Waals surface area (Å²) in [6.45, 7) is 1.11. The molecule has 2 aromatic rings. The molecular weight excluding hydrogens is 254 g/mol. The molecular formula is C15H19N3S. The molecule has 2 heterocycles. The van der Waals surface area contributed by atoms with Gasteiger partial charge in [-0.05, 0) is 37.8 Å². The molecule has 1 aliphatic heterocycles. The molecule has 0 saturated carbocycles. The number of hydrogen-bond donors (Lipinski definition) is 1. The fourth-order valence-corrected chi connectivity index (χ4v) is 3.29. The predicted octanol–water partition coefficient (Wildman–Crippen LogP) is 3.41. The van der Waals surface area contributed by atoms with Gasteiger partial charge in [-0.2, -0.15) is 0 Å². The number of imidazole rings is 1. The Morgan fingerprint density at radius 1 is 1.32 bits per heavy atom. The van der Waals surface area contributed by atoms with Crippen LogP contribution in [0.1, 0.15) is 31.0 Å². The third-order valence-electron chi connectivity index (χ3n) is 3.68. The van der Waals surface area contributed by atoms with Crippen molar-refractivity contribution in [3.05, 3.63) is 42.5 Å². The number of benzene rings is 1. The van der Waals surface area contributed by atoms with Crippen LogP contribution in [0.3, 0.4) is 0 Å². The fourth-order valence-electron chi connectivity index (χ4n) is 2.70. The minimum Gasteiger partial charge on any atom is -0.309 e. The summed E-state index contributed by atoms with van der Waals surface area (Å²) in [6, 6.07) is 8.95. The molecule has 0 aliphatic carbocycles. The van der Waals surface area contributed by atoms with Gasteiger partial charge >= 0.3 is 0 Å². The first kappa shape index (κ1) is 12.8. The molecule has 1 aliphatic rings. The highest BCUT2D eigenvalue weighted by molar-refractivity contribution is 7.98. The van der Waals surface area contributed by atoms with Crippen molar-refractivity contribution in [2.45, 2.75) is 30.2 Å². The van der Waals surface area contributed by atoms with Crippen molar-refractivity contribution in [3.63, 3.8) is 0 Å². The number of nitrogens with one attached hydrogen (secondary N) is 1. The lowest BCUT2D eigenvalue weighted by molar-refractivity contribution is 0.401. The Labute approximate surface area is 118 Å². The largest absolute Gasteiger partial charge is 0.309 e. The number of piperidine rings is 1. The van der Waals surface area contributed by atoms with Crippen LogP contribution in [0.4, 0.5) is 0 Å². The third kappa shape index (κ3) is 2.55. The highest BCUT2D eigenvalue weighted by atomic mass is 32.2. The van der Waals surface area contributed by atoms with Gasteiger partial charge in [0.25, 0.3) is 0 Å². The minimum absolute atomic E-state index is 0.436. The zero-order chi connectivity index (χ0) is 13.1. The molecule has 1 atom stereocenters. The van der Waals surface area contributed by atoms with Gasteiger partial charge < -0.3 is 9.88 Å². The van der Waals surface area contributed by atoms with Gasteiger partial charge in [0.15, 0.2) is 0 Å². The lowest BCUT2D eigenvalue weighted by atomic mass is 10.0. The summed E-state index contributed by atoms with van der Waals surface area (Å²) in [5, 5.41) is 3.60. The molecule has 1 unspecified atom stereocenters. The molecule has 0 spiro atoms. The maximum absolute atomic E-state index is 4.36. The van der Waals surface area contributed by atoms with E-state index in [1.165, 1.54) is 35.5 Å². The Morgan fingerprint density at radius 3 is 3.00 bits per heavy atom. The predicted molar refractivity (Wildman–Crippen MR) is 79.9 cm³/mol. The van der Waals surface area contributed by atoms with E-state index in [-0.39, 0.29) is 0 Å². The van der Waals surface area contributed by atoms with Crippen LogP contribution in [-0.4, -0.2) is 22.4 Å². The first-order valence-corrected chi connectivity index (χ1v) is 8.01. The number of hydrogen-bond acceptors (Lipinski definition) is 3. The molecule has 3 nitrogen and oxygen atoms in total. The maximum Gasteiger partial charge on any atom is 0.0995 e. The fraction of sp³-hybridized carbons (Fsp3) is 0.400. The Morgan fingerprint density at radius 2 is 2.21 bits per heavy atom. The minimum atomic E-state index is 0.436. The Hall–Kier alpha value is -1.26. The second kappa shape index (κ2) is 5.80. The van der Waals surface area contributed by atoms with Crippen LogP contribution in [0, 0.1) is 0 Å². The van der Waals surface area contributed by atoms with Gasteiger partial charge in [-0.15, -0.1) is 11.8 Å². The standard InChI is InChI=1S/C15H19N3S/c1-19-15-8-3-2-7-13(15)18-11-16-10-14(18)12-6-4-5-9-17-12/h2-3,7-8,10-12,17H,4-6,9H2,1H3. The molecule has 1 saturated heterocycles. The van der Waals surface area contributed by atoms with Crippen molar-refractivity contribution in [3.8, 4) is 5.69 Å². The second-order valence-corrected chi connectivity index (χ2v) is 5.71. The molecule has 1 fully saturated rings. The molecule has 19 heavy (non-hydrogen) atoms. The van der Waals surface area contributed by atoms with Crippen LogP contribution in [0.25, 0.3) is 5.69 Å². The first-order valence-electron chi connectivity index (χ1n) is 6.79. The third-order valence-corrected chi connectivity index (χ3v) is 4.46. The summed E-state index contributed by atoms with van der Waals surface area (Å²) >= 11 is 1.78. The van der Waals surface area contributed by atoms with Crippen molar-refractivity contribution in [2.24, 2.45) is 0 Å². The summed E-state index contributed by atoms with van der Waals surface area (Å²) in [5.74, 6) is 0. The Kier molecular flexibility index (Phi) is 3.89. The smallest absolute Gasteiger partial charge is 0.0995 e. The van der Waals surface area contributed by atoms with E-state index in [9.17, 15) is 0 Å². The van der Waals surface area contributed by atoms with Gasteiger partial charge in [0, 0.05) is 10.9 Å². The van der Waals surface area contributed by atoms with Crippen LogP contribution in [0.5, 0.6) is 0 Å². The summed E-state index contributed by atoms with van der Waals surface area (Å²) < 4.78 is 2.23. The molecule has 4 heteroatoms. The normalized spacial score (nSPS) is 19.5. The van der Waals surface area contributed by atoms with E-state index >= 15 is 0 Å². The second-order valence-electron chi connectivity index (χ2n) is 4.86. The molecule has 3 rings (SSSR count). The van der Waals surface area contributed by atoms with Crippen molar-refractivity contribution >= 4 is 11.8 Å². The van der Waals surface area contributed by atoms with Crippen molar-refractivity contribution in [1.82, 2.24) is 14.9 Å². The Balaban J connectivity index is 1.99. The van der Waals surface area contributed by atoms with E-state index in [4.69, 9.17) is 0 Å². The van der Waals surface area contributed by atoms with Crippen LogP contribution >= 0.6 is 11.8 Å². The summed E-state index contributed by atoms with van der Waals surface area (Å²) in [5.41, 5.74) is 2.51. The van der Waals surface area contributed by atoms with Crippen molar-refractivity contribution < 1.29 is 0 Å². The Bertz CT molecular complexity index is 544. The molecule has 0 amide bonds. The SMILES string of the molecule is CSc1ccccc1-n1cncc1C1CCCCN1. The van der Waals surface area contributed by atoms with Crippen LogP contribution in [0.2, 0.25) is 0 Å². The number of rotatable bonds is 3. The number of aromatic nitrogens is 2. The van der Waals surface area contributed by atoms with E-state index in [1.807, 2.05) is 12.5 Å². The zero-order valence-corrected chi connectivity index (χ0v) is 12.0. The lowest BCUT2D eigenvalue weighted by Crippen LogP contribution is -2.28. The molecule has 1 aromatic heterocycles. The van der Waals surface area contributed by atoms with E-state index in [2.05, 4.69) is 45.4 Å². The van der Waals surface area contributed by atoms with Gasteiger partial charge in [-0.1, -0.05) is 18.6 Å². The molecule has 1 aromatic carbocycles. The highest BCUT2D eigenvalue weighted by Crippen LogP contribution is 2.29. The van der Waals surface area contributed by atoms with Gasteiger partial charge in [0.05, 0.1) is 23.9 Å². The molecule has 0 bridgehead atoms. The quantitative estimate of drug-likeness (QED) is 0.869. The van der Waals surface area contributed by atoms with E-state index < -0.39 is 0 Å². The van der Waals surface area contributed by atoms with Crippen molar-refractivity contribution in [2.75, 3.05) is 12.8 Å². The number of nitrogens with zero attached hydrogens (tertiary/aromatic N) is 2. The monoisotopic (exact) mass is 273 g/mol. The van der Waals surface area contributed by atoms with Crippen LogP contribution in [-0.2, 0) is 0 Å². The summed E-state index contributed by atoms with van der Waals surface area (Å²) in [6.07, 6.45) is 9.83.